The van der Waals surface area contributed by atoms with E-state index in [2.05, 4.69) is 48.2 Å². The van der Waals surface area contributed by atoms with Crippen LogP contribution in [0.1, 0.15) is 48.4 Å². The predicted octanol–water partition coefficient (Wildman–Crippen LogP) is 5.80. The first kappa shape index (κ1) is 24.6. The van der Waals surface area contributed by atoms with Crippen LogP contribution in [0.4, 0.5) is 0 Å². The molecule has 3 aromatic carbocycles. The van der Waals surface area contributed by atoms with Crippen LogP contribution in [-0.4, -0.2) is 49.0 Å². The summed E-state index contributed by atoms with van der Waals surface area (Å²) in [6.07, 6.45) is 0.853. The average molecular weight is 446 g/mol. The van der Waals surface area contributed by atoms with E-state index in [1.807, 2.05) is 45.3 Å². The number of rotatable bonds is 10. The summed E-state index contributed by atoms with van der Waals surface area (Å²) in [5.74, 6) is 1.22. The van der Waals surface area contributed by atoms with Gasteiger partial charge >= 0.3 is 0 Å². The van der Waals surface area contributed by atoms with Gasteiger partial charge in [-0.15, -0.1) is 0 Å². The Labute approximate surface area is 197 Å². The van der Waals surface area contributed by atoms with Gasteiger partial charge in [-0.2, -0.15) is 0 Å². The van der Waals surface area contributed by atoms with Crippen LogP contribution >= 0.6 is 0 Å². The molecule has 0 heterocycles. The largest absolute Gasteiger partial charge is 0.508 e. The molecule has 0 amide bonds. The van der Waals surface area contributed by atoms with Crippen molar-refractivity contribution in [3.63, 3.8) is 0 Å². The minimum atomic E-state index is 0.115. The molecule has 0 spiro atoms. The molecule has 0 radical (unpaired) electrons. The van der Waals surface area contributed by atoms with E-state index >= 15 is 0 Å². The highest BCUT2D eigenvalue weighted by Gasteiger charge is 2.14. The number of phenolic OH excluding ortho intramolecular Hbond substituents is 1. The third-order valence-corrected chi connectivity index (χ3v) is 5.86. The van der Waals surface area contributed by atoms with Crippen LogP contribution in [0.25, 0.3) is 11.1 Å². The molecule has 33 heavy (non-hydrogen) atoms. The third kappa shape index (κ3) is 6.47. The van der Waals surface area contributed by atoms with Crippen molar-refractivity contribution >= 4 is 11.1 Å². The van der Waals surface area contributed by atoms with Crippen molar-refractivity contribution in [2.45, 2.75) is 26.2 Å². The Balaban J connectivity index is 2.03. The SMILES string of the molecule is CC/C(=C(/c1ccc(O)cc1)c1ccc(OCCN(C)C)cc1)c1ccc(C(C)CO)cc1. The molecule has 4 heteroatoms. The van der Waals surface area contributed by atoms with Gasteiger partial charge in [0, 0.05) is 19.1 Å². The summed E-state index contributed by atoms with van der Waals surface area (Å²) in [6, 6.07) is 24.1. The molecule has 2 N–H and O–H groups in total. The van der Waals surface area contributed by atoms with Crippen LogP contribution in [0.2, 0.25) is 0 Å². The summed E-state index contributed by atoms with van der Waals surface area (Å²) in [6.45, 7) is 5.84. The standard InChI is InChI=1S/C29H35NO3/c1-5-28(23-8-6-22(7-9-23)21(2)20-31)29(24-10-14-26(32)15-11-24)25-12-16-27(17-13-25)33-19-18-30(3)4/h6-17,21,31-32H,5,18-20H2,1-4H3/b29-28+. The zero-order valence-electron chi connectivity index (χ0n) is 20.1. The first-order valence-electron chi connectivity index (χ1n) is 11.5. The lowest BCUT2D eigenvalue weighted by molar-refractivity contribution is 0.261. The molecule has 0 aliphatic carbocycles. The lowest BCUT2D eigenvalue weighted by atomic mass is 9.87. The van der Waals surface area contributed by atoms with Gasteiger partial charge in [-0.3, -0.25) is 0 Å². The number of allylic oxidation sites excluding steroid dienone is 1. The fourth-order valence-electron chi connectivity index (χ4n) is 3.85. The monoisotopic (exact) mass is 445 g/mol. The highest BCUT2D eigenvalue weighted by atomic mass is 16.5. The maximum atomic E-state index is 9.83. The van der Waals surface area contributed by atoms with Crippen LogP contribution in [0.5, 0.6) is 11.5 Å². The van der Waals surface area contributed by atoms with Crippen LogP contribution in [0.3, 0.4) is 0 Å². The van der Waals surface area contributed by atoms with Gasteiger partial charge in [-0.05, 0) is 78.2 Å². The molecule has 0 saturated carbocycles. The van der Waals surface area contributed by atoms with Gasteiger partial charge in [0.1, 0.15) is 18.1 Å². The van der Waals surface area contributed by atoms with E-state index in [1.54, 1.807) is 12.1 Å². The van der Waals surface area contributed by atoms with Gasteiger partial charge < -0.3 is 19.8 Å². The van der Waals surface area contributed by atoms with Gasteiger partial charge in [0.25, 0.3) is 0 Å². The summed E-state index contributed by atoms with van der Waals surface area (Å²) >= 11 is 0. The smallest absolute Gasteiger partial charge is 0.119 e. The maximum absolute atomic E-state index is 9.83. The molecule has 0 fully saturated rings. The summed E-state index contributed by atoms with van der Waals surface area (Å²) in [5, 5.41) is 19.3. The Bertz CT molecular complexity index is 1040. The molecule has 0 saturated heterocycles. The highest BCUT2D eigenvalue weighted by Crippen LogP contribution is 2.36. The fourth-order valence-corrected chi connectivity index (χ4v) is 3.85. The molecule has 0 aromatic heterocycles. The Hall–Kier alpha value is -3.08. The Kier molecular flexibility index (Phi) is 8.70. The Morgan fingerprint density at radius 3 is 1.91 bits per heavy atom. The highest BCUT2D eigenvalue weighted by molar-refractivity contribution is 5.98. The summed E-state index contributed by atoms with van der Waals surface area (Å²) in [4.78, 5) is 2.10. The average Bonchev–Trinajstić information content (AvgIpc) is 2.83. The van der Waals surface area contributed by atoms with Crippen molar-refractivity contribution in [1.82, 2.24) is 4.90 Å². The molecule has 3 rings (SSSR count). The number of aliphatic hydroxyl groups excluding tert-OH is 1. The minimum absolute atomic E-state index is 0.115. The van der Waals surface area contributed by atoms with Gasteiger partial charge in [-0.1, -0.05) is 62.4 Å². The first-order valence-corrected chi connectivity index (χ1v) is 11.5. The number of likely N-dealkylation sites (N-methyl/N-ethyl adjacent to an activating group) is 1. The van der Waals surface area contributed by atoms with Crippen molar-refractivity contribution in [2.24, 2.45) is 0 Å². The van der Waals surface area contributed by atoms with Crippen molar-refractivity contribution < 1.29 is 14.9 Å². The van der Waals surface area contributed by atoms with Crippen molar-refractivity contribution in [3.8, 4) is 11.5 Å². The van der Waals surface area contributed by atoms with E-state index in [0.717, 1.165) is 46.5 Å². The first-order chi connectivity index (χ1) is 15.9. The van der Waals surface area contributed by atoms with E-state index in [4.69, 9.17) is 4.74 Å². The van der Waals surface area contributed by atoms with Gasteiger partial charge in [0.15, 0.2) is 0 Å². The van der Waals surface area contributed by atoms with Crippen molar-refractivity contribution in [2.75, 3.05) is 33.9 Å². The summed E-state index contributed by atoms with van der Waals surface area (Å²) in [7, 11) is 4.06. The number of aliphatic hydroxyl groups is 1. The molecular weight excluding hydrogens is 410 g/mol. The van der Waals surface area contributed by atoms with Crippen LogP contribution < -0.4 is 4.74 Å². The molecule has 3 aromatic rings. The van der Waals surface area contributed by atoms with E-state index in [1.165, 1.54) is 5.57 Å². The number of phenols is 1. The quantitative estimate of drug-likeness (QED) is 0.388. The molecule has 1 atom stereocenters. The van der Waals surface area contributed by atoms with Crippen LogP contribution in [-0.2, 0) is 0 Å². The number of nitrogens with zero attached hydrogens (tertiary/aromatic N) is 1. The maximum Gasteiger partial charge on any atom is 0.119 e. The molecule has 174 valence electrons. The molecular formula is C29H35NO3. The zero-order valence-corrected chi connectivity index (χ0v) is 20.1. The number of hydrogen-bond acceptors (Lipinski definition) is 4. The molecule has 0 bridgehead atoms. The topological polar surface area (TPSA) is 52.9 Å². The van der Waals surface area contributed by atoms with Gasteiger partial charge in [0.2, 0.25) is 0 Å². The molecule has 4 nitrogen and oxygen atoms in total. The number of hydrogen-bond donors (Lipinski definition) is 2. The second-order valence-corrected chi connectivity index (χ2v) is 8.64. The zero-order chi connectivity index (χ0) is 23.8. The lowest BCUT2D eigenvalue weighted by Crippen LogP contribution is -2.19. The van der Waals surface area contributed by atoms with Crippen molar-refractivity contribution in [1.29, 1.82) is 0 Å². The van der Waals surface area contributed by atoms with Crippen molar-refractivity contribution in [3.05, 3.63) is 95.1 Å². The van der Waals surface area contributed by atoms with Gasteiger partial charge in [-0.25, -0.2) is 0 Å². The summed E-state index contributed by atoms with van der Waals surface area (Å²) < 4.78 is 5.88. The van der Waals surface area contributed by atoms with Gasteiger partial charge in [0.05, 0.1) is 0 Å². The second-order valence-electron chi connectivity index (χ2n) is 8.64. The Morgan fingerprint density at radius 2 is 1.39 bits per heavy atom. The number of benzene rings is 3. The summed E-state index contributed by atoms with van der Waals surface area (Å²) in [5.41, 5.74) is 6.80. The van der Waals surface area contributed by atoms with E-state index in [0.29, 0.717) is 6.61 Å². The number of aromatic hydroxyl groups is 1. The third-order valence-electron chi connectivity index (χ3n) is 5.86. The number of ether oxygens (including phenoxy) is 1. The predicted molar refractivity (Wildman–Crippen MR) is 137 cm³/mol. The normalized spacial score (nSPS) is 13.0. The fraction of sp³-hybridized carbons (Fsp3) is 0.310. The second kappa shape index (κ2) is 11.7. The van der Waals surface area contributed by atoms with Crippen LogP contribution in [0, 0.1) is 0 Å². The Morgan fingerprint density at radius 1 is 0.848 bits per heavy atom. The van der Waals surface area contributed by atoms with E-state index in [9.17, 15) is 10.2 Å². The van der Waals surface area contributed by atoms with E-state index in [-0.39, 0.29) is 18.3 Å². The van der Waals surface area contributed by atoms with E-state index < -0.39 is 0 Å². The molecule has 1 unspecified atom stereocenters. The molecule has 0 aliphatic heterocycles. The minimum Gasteiger partial charge on any atom is -0.508 e. The molecule has 0 aliphatic rings. The lowest BCUT2D eigenvalue weighted by Gasteiger charge is -2.18. The van der Waals surface area contributed by atoms with Crippen LogP contribution in [0.15, 0.2) is 72.8 Å².